The van der Waals surface area contributed by atoms with Gasteiger partial charge in [-0.2, -0.15) is 0 Å². The number of anilines is 2. The molecule has 0 saturated carbocycles. The van der Waals surface area contributed by atoms with E-state index in [4.69, 9.17) is 5.73 Å². The van der Waals surface area contributed by atoms with Gasteiger partial charge in [-0.15, -0.1) is 0 Å². The number of Topliss-reactive ketones (excluding diaryl/α,β-unsaturated/α-hetero) is 1. The van der Waals surface area contributed by atoms with E-state index in [1.165, 1.54) is 0 Å². The summed E-state index contributed by atoms with van der Waals surface area (Å²) in [6, 6.07) is 20.4. The second kappa shape index (κ2) is 9.15. The third-order valence-corrected chi connectivity index (χ3v) is 5.77. The number of carbonyl (C=O) groups excluding carboxylic acids is 2. The average molecular weight is 460 g/mol. The van der Waals surface area contributed by atoms with Crippen molar-refractivity contribution in [2.75, 3.05) is 11.1 Å². The predicted molar refractivity (Wildman–Crippen MR) is 137 cm³/mol. The summed E-state index contributed by atoms with van der Waals surface area (Å²) in [5.41, 5.74) is 11.6. The highest BCUT2D eigenvalue weighted by Crippen LogP contribution is 2.31. The largest absolute Gasteiger partial charge is 0.398 e. The van der Waals surface area contributed by atoms with Crippen molar-refractivity contribution >= 4 is 34.0 Å². The van der Waals surface area contributed by atoms with Crippen LogP contribution in [-0.4, -0.2) is 26.6 Å². The molecule has 0 fully saturated rings. The van der Waals surface area contributed by atoms with Crippen molar-refractivity contribution in [2.24, 2.45) is 0 Å². The van der Waals surface area contributed by atoms with Crippen LogP contribution in [0, 0.1) is 6.92 Å². The van der Waals surface area contributed by atoms with Gasteiger partial charge in [0, 0.05) is 47.0 Å². The Kier molecular flexibility index (Phi) is 5.73. The fourth-order valence-electron chi connectivity index (χ4n) is 3.90. The minimum Gasteiger partial charge on any atom is -0.398 e. The summed E-state index contributed by atoms with van der Waals surface area (Å²) in [5.74, 6) is -1.31. The molecule has 2 aromatic carbocycles. The average Bonchev–Trinajstić information content (AvgIpc) is 2.89. The van der Waals surface area contributed by atoms with E-state index in [9.17, 15) is 9.59 Å². The lowest BCUT2D eigenvalue weighted by Gasteiger charge is -2.11. The molecule has 5 aromatic rings. The quantitative estimate of drug-likeness (QED) is 0.216. The maximum atomic E-state index is 12.7. The van der Waals surface area contributed by atoms with Crippen molar-refractivity contribution in [3.05, 3.63) is 103 Å². The molecule has 0 aliphatic carbocycles. The van der Waals surface area contributed by atoms with Gasteiger partial charge in [-0.25, -0.2) is 4.98 Å². The Morgan fingerprint density at radius 2 is 1.66 bits per heavy atom. The molecule has 170 valence electrons. The summed E-state index contributed by atoms with van der Waals surface area (Å²) in [6.07, 6.45) is 6.68. The van der Waals surface area contributed by atoms with Gasteiger partial charge in [0.15, 0.2) is 0 Å². The van der Waals surface area contributed by atoms with E-state index in [2.05, 4.69) is 20.3 Å². The molecule has 0 unspecified atom stereocenters. The first kappa shape index (κ1) is 21.9. The van der Waals surface area contributed by atoms with E-state index in [1.54, 1.807) is 43.0 Å². The van der Waals surface area contributed by atoms with Crippen LogP contribution >= 0.6 is 0 Å². The second-order valence-electron chi connectivity index (χ2n) is 8.13. The lowest BCUT2D eigenvalue weighted by Crippen LogP contribution is -2.24. The SMILES string of the molecule is Cc1ccncc1-c1cc(N)c2cnc(NC(=O)C(=O)c3ccc(-c4ccccc4)cn3)cc2c1. The second-order valence-corrected chi connectivity index (χ2v) is 8.13. The molecular weight excluding hydrogens is 438 g/mol. The number of carbonyl (C=O) groups is 2. The molecule has 0 aliphatic rings. The molecule has 7 heteroatoms. The number of ketones is 1. The zero-order valence-corrected chi connectivity index (χ0v) is 18.9. The van der Waals surface area contributed by atoms with Crippen LogP contribution in [0.1, 0.15) is 16.1 Å². The Bertz CT molecular complexity index is 1560. The number of pyridine rings is 3. The normalized spacial score (nSPS) is 10.8. The zero-order chi connectivity index (χ0) is 24.4. The first-order valence-electron chi connectivity index (χ1n) is 11.0. The van der Waals surface area contributed by atoms with Crippen molar-refractivity contribution in [3.8, 4) is 22.3 Å². The molecule has 0 bridgehead atoms. The van der Waals surface area contributed by atoms with Gasteiger partial charge in [-0.05, 0) is 59.3 Å². The lowest BCUT2D eigenvalue weighted by atomic mass is 9.99. The van der Waals surface area contributed by atoms with Crippen LogP contribution in [0.5, 0.6) is 0 Å². The smallest absolute Gasteiger partial charge is 0.299 e. The molecule has 35 heavy (non-hydrogen) atoms. The van der Waals surface area contributed by atoms with Crippen LogP contribution in [0.2, 0.25) is 0 Å². The van der Waals surface area contributed by atoms with E-state index >= 15 is 0 Å². The molecule has 0 atom stereocenters. The first-order valence-corrected chi connectivity index (χ1v) is 11.0. The maximum absolute atomic E-state index is 12.7. The minimum atomic E-state index is -0.816. The molecule has 3 aromatic heterocycles. The van der Waals surface area contributed by atoms with Gasteiger partial charge < -0.3 is 11.1 Å². The first-order chi connectivity index (χ1) is 17.0. The van der Waals surface area contributed by atoms with E-state index in [-0.39, 0.29) is 11.5 Å². The van der Waals surface area contributed by atoms with Gasteiger partial charge in [0.05, 0.1) is 0 Å². The topological polar surface area (TPSA) is 111 Å². The van der Waals surface area contributed by atoms with E-state index in [1.807, 2.05) is 55.5 Å². The van der Waals surface area contributed by atoms with Crippen LogP contribution in [0.4, 0.5) is 11.5 Å². The number of hydrogen-bond donors (Lipinski definition) is 2. The van der Waals surface area contributed by atoms with Crippen LogP contribution < -0.4 is 11.1 Å². The molecule has 5 rings (SSSR count). The number of nitrogens with two attached hydrogens (primary N) is 1. The van der Waals surface area contributed by atoms with Gasteiger partial charge >= 0.3 is 0 Å². The molecule has 1 amide bonds. The monoisotopic (exact) mass is 459 g/mol. The number of nitrogens with zero attached hydrogens (tertiary/aromatic N) is 3. The Morgan fingerprint density at radius 1 is 0.829 bits per heavy atom. The van der Waals surface area contributed by atoms with Gasteiger partial charge in [0.2, 0.25) is 0 Å². The summed E-state index contributed by atoms with van der Waals surface area (Å²) in [4.78, 5) is 37.9. The number of rotatable bonds is 5. The summed E-state index contributed by atoms with van der Waals surface area (Å²) in [6.45, 7) is 2.00. The Morgan fingerprint density at radius 3 is 2.40 bits per heavy atom. The number of aryl methyl sites for hydroxylation is 1. The number of nitrogen functional groups attached to an aromatic ring is 1. The highest BCUT2D eigenvalue weighted by molar-refractivity contribution is 6.46. The third kappa shape index (κ3) is 4.47. The van der Waals surface area contributed by atoms with Crippen LogP contribution in [0.25, 0.3) is 33.0 Å². The fourth-order valence-corrected chi connectivity index (χ4v) is 3.90. The van der Waals surface area contributed by atoms with E-state index < -0.39 is 11.7 Å². The summed E-state index contributed by atoms with van der Waals surface area (Å²) >= 11 is 0. The molecule has 0 saturated heterocycles. The lowest BCUT2D eigenvalue weighted by molar-refractivity contribution is -0.112. The van der Waals surface area contributed by atoms with Crippen molar-refractivity contribution < 1.29 is 9.59 Å². The molecule has 3 N–H and O–H groups in total. The van der Waals surface area contributed by atoms with Crippen LogP contribution in [-0.2, 0) is 4.79 Å². The number of benzene rings is 2. The molecule has 0 radical (unpaired) electrons. The molecule has 0 spiro atoms. The van der Waals surface area contributed by atoms with Crippen molar-refractivity contribution in [2.45, 2.75) is 6.92 Å². The number of hydrogen-bond acceptors (Lipinski definition) is 6. The highest BCUT2D eigenvalue weighted by Gasteiger charge is 2.19. The van der Waals surface area contributed by atoms with Crippen molar-refractivity contribution in [3.63, 3.8) is 0 Å². The molecule has 0 aliphatic heterocycles. The number of nitrogens with one attached hydrogen (secondary N) is 1. The van der Waals surface area contributed by atoms with Gasteiger partial charge in [0.1, 0.15) is 11.5 Å². The van der Waals surface area contributed by atoms with Gasteiger partial charge in [-0.3, -0.25) is 19.6 Å². The van der Waals surface area contributed by atoms with E-state index in [0.29, 0.717) is 5.69 Å². The summed E-state index contributed by atoms with van der Waals surface area (Å²) in [5, 5.41) is 4.11. The molecule has 7 nitrogen and oxygen atoms in total. The zero-order valence-electron chi connectivity index (χ0n) is 18.9. The van der Waals surface area contributed by atoms with Crippen LogP contribution in [0.3, 0.4) is 0 Å². The third-order valence-electron chi connectivity index (χ3n) is 5.77. The van der Waals surface area contributed by atoms with Gasteiger partial charge in [0.25, 0.3) is 11.7 Å². The number of amides is 1. The van der Waals surface area contributed by atoms with E-state index in [0.717, 1.165) is 38.6 Å². The van der Waals surface area contributed by atoms with Crippen LogP contribution in [0.15, 0.2) is 91.5 Å². The predicted octanol–water partition coefficient (Wildman–Crippen LogP) is 5.07. The highest BCUT2D eigenvalue weighted by atomic mass is 16.2. The molecule has 3 heterocycles. The van der Waals surface area contributed by atoms with Gasteiger partial charge in [-0.1, -0.05) is 36.4 Å². The Hall–Kier alpha value is -4.91. The maximum Gasteiger partial charge on any atom is 0.299 e. The summed E-state index contributed by atoms with van der Waals surface area (Å²) < 4.78 is 0. The standard InChI is InChI=1S/C28H21N5O2/c1-17-9-10-30-15-22(17)20-11-21-13-26(32-16-23(21)24(29)12-20)33-28(35)27(34)25-8-7-19(14-31-25)18-5-3-2-4-6-18/h2-16H,29H2,1H3,(H,32,33,35). The molecular formula is C28H21N5O2. The number of aromatic nitrogens is 3. The van der Waals surface area contributed by atoms with Crippen molar-refractivity contribution in [1.82, 2.24) is 15.0 Å². The Labute approximate surface area is 201 Å². The number of fused-ring (bicyclic) bond motifs is 1. The van der Waals surface area contributed by atoms with Crippen molar-refractivity contribution in [1.29, 1.82) is 0 Å². The fraction of sp³-hybridized carbons (Fsp3) is 0.0357. The summed E-state index contributed by atoms with van der Waals surface area (Å²) in [7, 11) is 0. The Balaban J connectivity index is 1.38. The minimum absolute atomic E-state index is 0.0570.